The molecule has 2 bridgehead atoms. The van der Waals surface area contributed by atoms with Gasteiger partial charge in [-0.05, 0) is 153 Å². The molecule has 3 atom stereocenters. The molecule has 0 aliphatic heterocycles. The predicted octanol–water partition coefficient (Wildman–Crippen LogP) is 15.4. The lowest BCUT2D eigenvalue weighted by Crippen LogP contribution is -2.17. The minimum absolute atomic E-state index is 0.118. The summed E-state index contributed by atoms with van der Waals surface area (Å²) in [4.78, 5) is 2.63. The molecule has 0 N–H and O–H groups in total. The Morgan fingerprint density at radius 3 is 2.09 bits per heavy atom. The van der Waals surface area contributed by atoms with Crippen LogP contribution in [0.15, 0.2) is 140 Å². The molecule has 7 aromatic rings. The number of hydrogen-bond acceptors (Lipinski definition) is 1. The van der Waals surface area contributed by atoms with Crippen molar-refractivity contribution in [3.8, 4) is 22.3 Å². The molecule has 7 aromatic carbocycles. The highest BCUT2D eigenvalue weighted by Gasteiger charge is 2.40. The molecule has 0 aromatic heterocycles. The minimum atomic E-state index is -0.118. The second-order valence-corrected chi connectivity index (χ2v) is 17.9. The van der Waals surface area contributed by atoms with Crippen LogP contribution in [-0.2, 0) is 5.41 Å². The van der Waals surface area contributed by atoms with E-state index in [9.17, 15) is 0 Å². The average Bonchev–Trinajstić information content (AvgIpc) is 3.94. The highest BCUT2D eigenvalue weighted by molar-refractivity contribution is 6.03. The number of benzene rings is 7. The molecule has 3 fully saturated rings. The van der Waals surface area contributed by atoms with E-state index in [1.807, 2.05) is 0 Å². The molecule has 1 heteroatoms. The van der Waals surface area contributed by atoms with Gasteiger partial charge >= 0.3 is 0 Å². The van der Waals surface area contributed by atoms with Crippen molar-refractivity contribution in [1.29, 1.82) is 0 Å². The van der Waals surface area contributed by atoms with E-state index in [1.165, 1.54) is 141 Å². The van der Waals surface area contributed by atoms with Gasteiger partial charge < -0.3 is 4.90 Å². The summed E-state index contributed by atoms with van der Waals surface area (Å²) >= 11 is 0. The number of hydrogen-bond donors (Lipinski definition) is 0. The highest BCUT2D eigenvalue weighted by atomic mass is 15.1. The van der Waals surface area contributed by atoms with Gasteiger partial charge in [-0.25, -0.2) is 0 Å². The maximum Gasteiger partial charge on any atom is 0.0543 e. The molecule has 272 valence electrons. The second-order valence-electron chi connectivity index (χ2n) is 17.9. The molecule has 0 heterocycles. The van der Waals surface area contributed by atoms with Gasteiger partial charge in [-0.1, -0.05) is 137 Å². The van der Waals surface area contributed by atoms with Gasteiger partial charge in [0.2, 0.25) is 0 Å². The fourth-order valence-electron chi connectivity index (χ4n) is 11.6. The molecule has 3 saturated carbocycles. The summed E-state index contributed by atoms with van der Waals surface area (Å²) in [7, 11) is 0. The van der Waals surface area contributed by atoms with Crippen molar-refractivity contribution in [1.82, 2.24) is 0 Å². The van der Waals surface area contributed by atoms with Crippen LogP contribution in [0.5, 0.6) is 0 Å². The van der Waals surface area contributed by atoms with Gasteiger partial charge in [0.15, 0.2) is 0 Å². The van der Waals surface area contributed by atoms with Crippen LogP contribution in [0.4, 0.5) is 17.1 Å². The first-order valence-electron chi connectivity index (χ1n) is 21.2. The number of anilines is 3. The van der Waals surface area contributed by atoms with E-state index in [1.54, 1.807) is 0 Å². The number of nitrogens with zero attached hydrogens (tertiary/aromatic N) is 1. The molecule has 4 aliphatic rings. The number of rotatable bonds is 6. The van der Waals surface area contributed by atoms with Crippen molar-refractivity contribution in [3.05, 3.63) is 162 Å². The Bertz CT molecular complexity index is 2580. The Kier molecular flexibility index (Phi) is 7.84. The predicted molar refractivity (Wildman–Crippen MR) is 233 cm³/mol. The van der Waals surface area contributed by atoms with Crippen molar-refractivity contribution in [2.24, 2.45) is 11.8 Å². The zero-order chi connectivity index (χ0) is 36.7. The fourth-order valence-corrected chi connectivity index (χ4v) is 11.6. The van der Waals surface area contributed by atoms with Crippen molar-refractivity contribution in [3.63, 3.8) is 0 Å². The van der Waals surface area contributed by atoms with E-state index < -0.39 is 0 Å². The van der Waals surface area contributed by atoms with E-state index >= 15 is 0 Å². The molecular formula is C54H51N. The van der Waals surface area contributed by atoms with Crippen molar-refractivity contribution < 1.29 is 0 Å². The first-order chi connectivity index (χ1) is 27.0. The molecule has 0 spiro atoms. The number of fused-ring (bicyclic) bond motifs is 7. The summed E-state index contributed by atoms with van der Waals surface area (Å²) in [6.07, 6.45) is 12.3. The van der Waals surface area contributed by atoms with Crippen LogP contribution in [0, 0.1) is 11.8 Å². The fraction of sp³-hybridized carbons (Fsp3) is 0.296. The summed E-state index contributed by atoms with van der Waals surface area (Å²) in [5.74, 6) is 3.16. The van der Waals surface area contributed by atoms with Crippen LogP contribution >= 0.6 is 0 Å². The quantitative estimate of drug-likeness (QED) is 0.166. The van der Waals surface area contributed by atoms with E-state index in [0.29, 0.717) is 11.8 Å². The maximum atomic E-state index is 2.63. The molecular weight excluding hydrogens is 663 g/mol. The zero-order valence-electron chi connectivity index (χ0n) is 32.4. The average molecular weight is 714 g/mol. The first kappa shape index (κ1) is 33.2. The summed E-state index contributed by atoms with van der Waals surface area (Å²) in [6.45, 7) is 4.83. The van der Waals surface area contributed by atoms with Gasteiger partial charge in [0, 0.05) is 22.1 Å². The lowest BCUT2D eigenvalue weighted by molar-refractivity contribution is 0.420. The van der Waals surface area contributed by atoms with Crippen molar-refractivity contribution in [2.75, 3.05) is 4.90 Å². The summed E-state index contributed by atoms with van der Waals surface area (Å²) in [5.41, 5.74) is 14.7. The third kappa shape index (κ3) is 5.48. The molecule has 0 radical (unpaired) electrons. The lowest BCUT2D eigenvalue weighted by Gasteiger charge is -2.32. The largest absolute Gasteiger partial charge is 0.309 e. The topological polar surface area (TPSA) is 3.24 Å². The van der Waals surface area contributed by atoms with Crippen LogP contribution < -0.4 is 4.90 Å². The van der Waals surface area contributed by atoms with Gasteiger partial charge in [0.05, 0.1) is 11.4 Å². The van der Waals surface area contributed by atoms with Crippen molar-refractivity contribution in [2.45, 2.75) is 88.9 Å². The molecule has 0 saturated heterocycles. The van der Waals surface area contributed by atoms with Gasteiger partial charge in [-0.15, -0.1) is 0 Å². The van der Waals surface area contributed by atoms with Gasteiger partial charge in [0.1, 0.15) is 0 Å². The van der Waals surface area contributed by atoms with Crippen LogP contribution in [-0.4, -0.2) is 0 Å². The maximum absolute atomic E-state index is 2.63. The molecule has 4 aliphatic carbocycles. The smallest absolute Gasteiger partial charge is 0.0543 e. The van der Waals surface area contributed by atoms with E-state index in [0.717, 1.165) is 11.8 Å². The standard InChI is InChI=1S/C54H51N/c1-54(2)50-17-9-8-16-45(50)49-33-48(43-24-21-37-13-6-7-14-40(37)31-43)53(34-51(49)54)55(44-27-25-39(26-28-44)46-30-35-19-20-42(46)29-35)52-18-10-15-38-22-23-41(32-47(38)52)36-11-4-3-5-12-36/h6-10,13-18,21-28,31-36,42,46H,3-5,11-12,19-20,29-30H2,1-2H3. The second kappa shape index (κ2) is 13.0. The molecule has 1 nitrogen and oxygen atoms in total. The van der Waals surface area contributed by atoms with Crippen LogP contribution in [0.25, 0.3) is 43.8 Å². The van der Waals surface area contributed by atoms with Crippen molar-refractivity contribution >= 4 is 38.6 Å². The van der Waals surface area contributed by atoms with E-state index in [-0.39, 0.29) is 5.41 Å². The van der Waals surface area contributed by atoms with Gasteiger partial charge in [-0.2, -0.15) is 0 Å². The lowest BCUT2D eigenvalue weighted by atomic mass is 9.81. The zero-order valence-corrected chi connectivity index (χ0v) is 32.4. The van der Waals surface area contributed by atoms with Gasteiger partial charge in [0.25, 0.3) is 0 Å². The Morgan fingerprint density at radius 1 is 0.509 bits per heavy atom. The monoisotopic (exact) mass is 713 g/mol. The Hall–Kier alpha value is -5.14. The third-order valence-corrected chi connectivity index (χ3v) is 14.5. The Balaban J connectivity index is 1.16. The SMILES string of the molecule is CC1(C)c2ccccc2-c2cc(-c3ccc4ccccc4c3)c(N(c3ccc(C4CC5CCC4C5)cc3)c3cccc4ccc(C5CCCCC5)cc34)cc21. The van der Waals surface area contributed by atoms with Gasteiger partial charge in [-0.3, -0.25) is 0 Å². The summed E-state index contributed by atoms with van der Waals surface area (Å²) in [5, 5.41) is 5.20. The normalized spacial score (nSPS) is 21.2. The first-order valence-corrected chi connectivity index (χ1v) is 21.2. The van der Waals surface area contributed by atoms with E-state index in [4.69, 9.17) is 0 Å². The van der Waals surface area contributed by atoms with Crippen LogP contribution in [0.3, 0.4) is 0 Å². The Morgan fingerprint density at radius 2 is 1.27 bits per heavy atom. The van der Waals surface area contributed by atoms with E-state index in [2.05, 4.69) is 158 Å². The van der Waals surface area contributed by atoms with Crippen LogP contribution in [0.1, 0.15) is 106 Å². The molecule has 11 rings (SSSR count). The molecule has 55 heavy (non-hydrogen) atoms. The summed E-state index contributed by atoms with van der Waals surface area (Å²) in [6, 6.07) is 54.2. The molecule has 0 amide bonds. The van der Waals surface area contributed by atoms with Crippen LogP contribution in [0.2, 0.25) is 0 Å². The third-order valence-electron chi connectivity index (χ3n) is 14.5. The Labute approximate surface area is 327 Å². The summed E-state index contributed by atoms with van der Waals surface area (Å²) < 4.78 is 0. The highest BCUT2D eigenvalue weighted by Crippen LogP contribution is 2.56. The molecule has 3 unspecified atom stereocenters. The minimum Gasteiger partial charge on any atom is -0.309 e.